The summed E-state index contributed by atoms with van der Waals surface area (Å²) in [5.41, 5.74) is 7.89. The summed E-state index contributed by atoms with van der Waals surface area (Å²) < 4.78 is 25.5. The fraction of sp³-hybridized carbons (Fsp3) is 0.727. The van der Waals surface area contributed by atoms with Gasteiger partial charge in [-0.2, -0.15) is 0 Å². The van der Waals surface area contributed by atoms with Crippen molar-refractivity contribution in [1.29, 1.82) is 0 Å². The molecule has 0 bridgehead atoms. The second kappa shape index (κ2) is 7.49. The van der Waals surface area contributed by atoms with Crippen LogP contribution in [0.4, 0.5) is 0 Å². The van der Waals surface area contributed by atoms with Gasteiger partial charge in [-0.1, -0.05) is 12.2 Å². The van der Waals surface area contributed by atoms with Gasteiger partial charge in [-0.05, 0) is 32.0 Å². The molecule has 1 amide bonds. The first kappa shape index (κ1) is 19.0. The minimum absolute atomic E-state index is 0.0992. The van der Waals surface area contributed by atoms with Crippen molar-refractivity contribution >= 4 is 50.5 Å². The zero-order valence-corrected chi connectivity index (χ0v) is 15.2. The molecule has 1 saturated carbocycles. The lowest BCUT2D eigenvalue weighted by Crippen LogP contribution is -2.53. The van der Waals surface area contributed by atoms with E-state index >= 15 is 0 Å². The summed E-state index contributed by atoms with van der Waals surface area (Å²) in [5.74, 6) is -1.09. The maximum atomic E-state index is 12.3. The molecular formula is C11H21N5O3S3. The van der Waals surface area contributed by atoms with Gasteiger partial charge in [0.15, 0.2) is 5.11 Å². The van der Waals surface area contributed by atoms with Gasteiger partial charge in [0.2, 0.25) is 10.0 Å². The Morgan fingerprint density at radius 1 is 1.32 bits per heavy atom. The predicted octanol–water partition coefficient (Wildman–Crippen LogP) is -0.571. The van der Waals surface area contributed by atoms with E-state index in [9.17, 15) is 13.2 Å². The van der Waals surface area contributed by atoms with Gasteiger partial charge in [0.25, 0.3) is 5.91 Å². The van der Waals surface area contributed by atoms with Crippen molar-refractivity contribution in [1.82, 2.24) is 19.9 Å². The van der Waals surface area contributed by atoms with E-state index in [1.54, 1.807) is 14.0 Å². The van der Waals surface area contributed by atoms with E-state index in [-0.39, 0.29) is 11.7 Å². The van der Waals surface area contributed by atoms with Gasteiger partial charge in [-0.3, -0.25) is 20.2 Å². The molecule has 11 heteroatoms. The summed E-state index contributed by atoms with van der Waals surface area (Å²) in [4.78, 5) is 12.5. The third kappa shape index (κ3) is 5.00. The maximum absolute atomic E-state index is 12.3. The zero-order chi connectivity index (χ0) is 17.1. The van der Waals surface area contributed by atoms with Crippen LogP contribution in [0.1, 0.15) is 19.8 Å². The molecule has 8 nitrogen and oxygen atoms in total. The molecule has 0 radical (unpaired) electrons. The van der Waals surface area contributed by atoms with Crippen molar-refractivity contribution in [3.63, 3.8) is 0 Å². The number of hydrazine groups is 2. The summed E-state index contributed by atoms with van der Waals surface area (Å²) in [7, 11) is -0.855. The number of carbonyl (C=O) groups is 1. The van der Waals surface area contributed by atoms with Crippen molar-refractivity contribution in [3.05, 3.63) is 0 Å². The molecule has 3 N–H and O–H groups in total. The largest absolute Gasteiger partial charge is 0.375 e. The molecule has 0 aliphatic heterocycles. The Balaban J connectivity index is 2.67. The molecule has 1 fully saturated rings. The van der Waals surface area contributed by atoms with Crippen molar-refractivity contribution < 1.29 is 13.2 Å². The minimum atomic E-state index is -3.88. The predicted molar refractivity (Wildman–Crippen MR) is 91.9 cm³/mol. The van der Waals surface area contributed by atoms with Gasteiger partial charge < -0.3 is 5.73 Å². The van der Waals surface area contributed by atoms with Crippen LogP contribution >= 0.6 is 24.4 Å². The van der Waals surface area contributed by atoms with Crippen LogP contribution < -0.4 is 11.2 Å². The van der Waals surface area contributed by atoms with E-state index in [4.69, 9.17) is 30.2 Å². The van der Waals surface area contributed by atoms with Gasteiger partial charge >= 0.3 is 0 Å². The summed E-state index contributed by atoms with van der Waals surface area (Å²) in [5, 5.41) is 2.42. The van der Waals surface area contributed by atoms with Crippen molar-refractivity contribution in [3.8, 4) is 0 Å². The average molecular weight is 368 g/mol. The fourth-order valence-corrected chi connectivity index (χ4v) is 3.66. The van der Waals surface area contributed by atoms with Crippen molar-refractivity contribution in [2.24, 2.45) is 11.7 Å². The fourth-order valence-electron chi connectivity index (χ4n) is 1.82. The van der Waals surface area contributed by atoms with E-state index in [1.165, 1.54) is 12.1 Å². The highest BCUT2D eigenvalue weighted by Gasteiger charge is 2.31. The second-order valence-electron chi connectivity index (χ2n) is 4.96. The number of rotatable bonds is 6. The van der Waals surface area contributed by atoms with Crippen LogP contribution in [0.5, 0.6) is 0 Å². The Bertz CT molecular complexity index is 561. The first-order chi connectivity index (χ1) is 10.1. The van der Waals surface area contributed by atoms with E-state index < -0.39 is 21.7 Å². The van der Waals surface area contributed by atoms with Crippen LogP contribution in [-0.2, 0) is 14.8 Å². The molecule has 22 heavy (non-hydrogen) atoms. The molecule has 1 aliphatic rings. The Labute approximate surface area is 141 Å². The monoisotopic (exact) mass is 367 g/mol. The third-order valence-electron chi connectivity index (χ3n) is 3.11. The number of nitrogens with zero attached hydrogens (tertiary/aromatic N) is 3. The lowest BCUT2D eigenvalue weighted by atomic mass is 10.4. The summed E-state index contributed by atoms with van der Waals surface area (Å²) >= 11 is 9.94. The lowest BCUT2D eigenvalue weighted by Gasteiger charge is -2.30. The number of hydrogen-bond donors (Lipinski definition) is 2. The van der Waals surface area contributed by atoms with Crippen molar-refractivity contribution in [2.75, 3.05) is 26.4 Å². The first-order valence-corrected chi connectivity index (χ1v) is 9.13. The normalized spacial score (nSPS) is 14.5. The number of thiocarbonyl (C=S) groups is 2. The van der Waals surface area contributed by atoms with Crippen LogP contribution in [-0.4, -0.2) is 65.3 Å². The number of nitrogens with two attached hydrogens (primary N) is 1. The van der Waals surface area contributed by atoms with Gasteiger partial charge in [0, 0.05) is 26.6 Å². The SMILES string of the molecule is CCN(N(C)C(N)=S)S(=O)(=O)CC(=O)NN(C)C(=S)C1CC1. The van der Waals surface area contributed by atoms with Crippen LogP contribution in [0.15, 0.2) is 0 Å². The highest BCUT2D eigenvalue weighted by Crippen LogP contribution is 2.31. The molecule has 1 rings (SSSR count). The molecule has 0 aromatic heterocycles. The smallest absolute Gasteiger partial charge is 0.255 e. The quantitative estimate of drug-likeness (QED) is 0.476. The molecule has 0 spiro atoms. The second-order valence-corrected chi connectivity index (χ2v) is 7.67. The molecular weight excluding hydrogens is 346 g/mol. The van der Waals surface area contributed by atoms with Crippen LogP contribution in [0.3, 0.4) is 0 Å². The van der Waals surface area contributed by atoms with Gasteiger partial charge in [-0.25, -0.2) is 8.42 Å². The Hall–Kier alpha value is -1.04. The highest BCUT2D eigenvalue weighted by molar-refractivity contribution is 7.89. The molecule has 0 atom stereocenters. The molecule has 0 aromatic rings. The Morgan fingerprint density at radius 2 is 1.86 bits per heavy atom. The maximum Gasteiger partial charge on any atom is 0.255 e. The number of amides is 1. The summed E-state index contributed by atoms with van der Waals surface area (Å²) in [6, 6.07) is 0. The molecule has 0 heterocycles. The zero-order valence-electron chi connectivity index (χ0n) is 12.8. The number of sulfonamides is 1. The van der Waals surface area contributed by atoms with E-state index in [2.05, 4.69) is 5.43 Å². The molecule has 126 valence electrons. The first-order valence-electron chi connectivity index (χ1n) is 6.70. The summed E-state index contributed by atoms with van der Waals surface area (Å²) in [6.07, 6.45) is 2.00. The van der Waals surface area contributed by atoms with Crippen LogP contribution in [0.2, 0.25) is 0 Å². The summed E-state index contributed by atoms with van der Waals surface area (Å²) in [6.45, 7) is 1.73. The molecule has 0 unspecified atom stereocenters. The highest BCUT2D eigenvalue weighted by atomic mass is 32.2. The van der Waals surface area contributed by atoms with Gasteiger partial charge in [0.1, 0.15) is 5.75 Å². The number of hydrogen-bond acceptors (Lipinski definition) is 5. The molecule has 0 saturated heterocycles. The lowest BCUT2D eigenvalue weighted by molar-refractivity contribution is -0.121. The van der Waals surface area contributed by atoms with Crippen molar-refractivity contribution in [2.45, 2.75) is 19.8 Å². The van der Waals surface area contributed by atoms with E-state index in [1.807, 2.05) is 0 Å². The Morgan fingerprint density at radius 3 is 2.27 bits per heavy atom. The topological polar surface area (TPSA) is 99.0 Å². The Kier molecular flexibility index (Phi) is 6.47. The van der Waals surface area contributed by atoms with Gasteiger partial charge in [-0.15, -0.1) is 4.41 Å². The van der Waals surface area contributed by atoms with E-state index in [0.717, 1.165) is 22.3 Å². The number of nitrogens with one attached hydrogen (secondary N) is 1. The average Bonchev–Trinajstić information content (AvgIpc) is 3.21. The minimum Gasteiger partial charge on any atom is -0.375 e. The third-order valence-corrected chi connectivity index (χ3v) is 5.75. The van der Waals surface area contributed by atoms with E-state index in [0.29, 0.717) is 10.9 Å². The standard InChI is InChI=1S/C11H21N5O3S3/c1-4-16(15(3)11(12)21)22(18,19)7-9(17)13-14(2)10(20)8-5-6-8/h8H,4-7H2,1-3H3,(H2,12,21)(H,13,17). The van der Waals surface area contributed by atoms with Crippen LogP contribution in [0.25, 0.3) is 0 Å². The van der Waals surface area contributed by atoms with Crippen LogP contribution in [0, 0.1) is 5.92 Å². The molecule has 0 aromatic carbocycles. The van der Waals surface area contributed by atoms with Gasteiger partial charge in [0.05, 0.1) is 4.99 Å². The number of carbonyl (C=O) groups excluding carboxylic acids is 1. The molecule has 1 aliphatic carbocycles.